The molecule has 0 saturated carbocycles. The average Bonchev–Trinajstić information content (AvgIpc) is 2.35. The van der Waals surface area contributed by atoms with E-state index in [1.54, 1.807) is 25.1 Å². The first-order valence-electron chi connectivity index (χ1n) is 6.67. The Balaban J connectivity index is 2.53. The normalized spacial score (nSPS) is 12.4. The van der Waals surface area contributed by atoms with Gasteiger partial charge < -0.3 is 15.2 Å². The molecule has 0 spiro atoms. The number of hydrogen-bond donors (Lipinski definition) is 2. The van der Waals surface area contributed by atoms with E-state index in [1.165, 1.54) is 0 Å². The summed E-state index contributed by atoms with van der Waals surface area (Å²) in [7, 11) is 0. The summed E-state index contributed by atoms with van der Waals surface area (Å²) in [6, 6.07) is 4.89. The van der Waals surface area contributed by atoms with E-state index in [0.717, 1.165) is 6.54 Å². The molecule has 0 fully saturated rings. The minimum atomic E-state index is -0.700. The number of para-hydroxylation sites is 1. The number of nitrogens with zero attached hydrogens (tertiary/aromatic N) is 1. The molecule has 112 valence electrons. The zero-order valence-corrected chi connectivity index (χ0v) is 12.1. The van der Waals surface area contributed by atoms with E-state index in [1.807, 2.05) is 0 Å². The third-order valence-corrected chi connectivity index (χ3v) is 2.75. The molecular formula is C14H22N2O4. The predicted molar refractivity (Wildman–Crippen MR) is 77.0 cm³/mol. The van der Waals surface area contributed by atoms with Crippen LogP contribution in [0.4, 0.5) is 5.69 Å². The summed E-state index contributed by atoms with van der Waals surface area (Å²) >= 11 is 0. The fraction of sp³-hybridized carbons (Fsp3) is 0.571. The van der Waals surface area contributed by atoms with Crippen LogP contribution in [0.2, 0.25) is 0 Å². The van der Waals surface area contributed by atoms with Crippen molar-refractivity contribution in [1.29, 1.82) is 0 Å². The maximum Gasteiger partial charge on any atom is 0.313 e. The molecule has 0 bridgehead atoms. The maximum atomic E-state index is 11.0. The molecule has 0 saturated heterocycles. The molecule has 1 atom stereocenters. The number of ether oxygens (including phenoxy) is 1. The highest BCUT2D eigenvalue weighted by Gasteiger charge is 2.18. The van der Waals surface area contributed by atoms with Crippen molar-refractivity contribution in [3.05, 3.63) is 33.9 Å². The van der Waals surface area contributed by atoms with Crippen LogP contribution in [0.3, 0.4) is 0 Å². The second-order valence-corrected chi connectivity index (χ2v) is 5.20. The zero-order chi connectivity index (χ0) is 15.1. The van der Waals surface area contributed by atoms with Crippen molar-refractivity contribution in [2.45, 2.75) is 26.9 Å². The average molecular weight is 282 g/mol. The van der Waals surface area contributed by atoms with Gasteiger partial charge in [0, 0.05) is 12.1 Å². The number of aliphatic hydroxyl groups is 1. The molecular weight excluding hydrogens is 260 g/mol. The molecule has 0 amide bonds. The molecule has 1 aromatic rings. The maximum absolute atomic E-state index is 11.0. The molecule has 2 N–H and O–H groups in total. The van der Waals surface area contributed by atoms with Crippen LogP contribution in [0.1, 0.15) is 19.4 Å². The van der Waals surface area contributed by atoms with Crippen molar-refractivity contribution >= 4 is 5.69 Å². The molecule has 0 heterocycles. The molecule has 0 aliphatic rings. The minimum Gasteiger partial charge on any atom is -0.484 e. The van der Waals surface area contributed by atoms with Crippen LogP contribution in [-0.2, 0) is 0 Å². The van der Waals surface area contributed by atoms with Gasteiger partial charge in [-0.15, -0.1) is 0 Å². The number of aryl methyl sites for hydroxylation is 1. The van der Waals surface area contributed by atoms with Gasteiger partial charge in [-0.1, -0.05) is 26.0 Å². The van der Waals surface area contributed by atoms with Crippen molar-refractivity contribution in [2.75, 3.05) is 19.7 Å². The lowest BCUT2D eigenvalue weighted by atomic mass is 10.2. The van der Waals surface area contributed by atoms with Gasteiger partial charge in [0.1, 0.15) is 12.7 Å². The van der Waals surface area contributed by atoms with Gasteiger partial charge in [0.2, 0.25) is 0 Å². The predicted octanol–water partition coefficient (Wildman–Crippen LogP) is 1.89. The molecule has 1 unspecified atom stereocenters. The summed E-state index contributed by atoms with van der Waals surface area (Å²) in [6.07, 6.45) is -0.700. The van der Waals surface area contributed by atoms with Gasteiger partial charge in [-0.25, -0.2) is 0 Å². The Hall–Kier alpha value is -1.66. The van der Waals surface area contributed by atoms with Crippen molar-refractivity contribution in [1.82, 2.24) is 5.32 Å². The van der Waals surface area contributed by atoms with Crippen molar-refractivity contribution in [2.24, 2.45) is 5.92 Å². The lowest BCUT2D eigenvalue weighted by Gasteiger charge is -2.14. The number of hydrogen-bond acceptors (Lipinski definition) is 5. The second-order valence-electron chi connectivity index (χ2n) is 5.20. The van der Waals surface area contributed by atoms with E-state index in [-0.39, 0.29) is 18.0 Å². The Labute approximate surface area is 118 Å². The van der Waals surface area contributed by atoms with Crippen LogP contribution in [0.25, 0.3) is 0 Å². The number of nitro benzene ring substituents is 1. The largest absolute Gasteiger partial charge is 0.484 e. The van der Waals surface area contributed by atoms with Gasteiger partial charge in [-0.2, -0.15) is 0 Å². The minimum absolute atomic E-state index is 0.0232. The Morgan fingerprint density at radius 3 is 2.70 bits per heavy atom. The van der Waals surface area contributed by atoms with E-state index in [0.29, 0.717) is 18.0 Å². The van der Waals surface area contributed by atoms with E-state index in [4.69, 9.17) is 4.74 Å². The van der Waals surface area contributed by atoms with Gasteiger partial charge >= 0.3 is 5.69 Å². The standard InChI is InChI=1S/C14H22N2O4/c1-10(2)7-15-8-12(17)9-20-13-6-4-5-11(3)14(13)16(18)19/h4-6,10,12,15,17H,7-9H2,1-3H3. The Morgan fingerprint density at radius 1 is 1.40 bits per heavy atom. The lowest BCUT2D eigenvalue weighted by Crippen LogP contribution is -2.33. The Bertz CT molecular complexity index is 449. The molecule has 1 rings (SSSR count). The number of benzene rings is 1. The first-order chi connectivity index (χ1) is 9.41. The zero-order valence-electron chi connectivity index (χ0n) is 12.1. The van der Waals surface area contributed by atoms with Gasteiger partial charge in [0.25, 0.3) is 0 Å². The smallest absolute Gasteiger partial charge is 0.313 e. The molecule has 0 radical (unpaired) electrons. The van der Waals surface area contributed by atoms with Crippen molar-refractivity contribution in [3.8, 4) is 5.75 Å². The van der Waals surface area contributed by atoms with E-state index < -0.39 is 11.0 Å². The summed E-state index contributed by atoms with van der Waals surface area (Å²) < 4.78 is 5.37. The fourth-order valence-electron chi connectivity index (χ4n) is 1.77. The number of rotatable bonds is 8. The van der Waals surface area contributed by atoms with Crippen LogP contribution in [0.15, 0.2) is 18.2 Å². The topological polar surface area (TPSA) is 84.6 Å². The number of nitro groups is 1. The highest BCUT2D eigenvalue weighted by Crippen LogP contribution is 2.30. The van der Waals surface area contributed by atoms with Crippen LogP contribution >= 0.6 is 0 Å². The van der Waals surface area contributed by atoms with E-state index >= 15 is 0 Å². The number of aliphatic hydroxyl groups excluding tert-OH is 1. The van der Waals surface area contributed by atoms with Gasteiger partial charge in [0.15, 0.2) is 5.75 Å². The molecule has 6 heteroatoms. The van der Waals surface area contributed by atoms with E-state index in [9.17, 15) is 15.2 Å². The summed E-state index contributed by atoms with van der Waals surface area (Å²) in [5, 5.41) is 23.9. The van der Waals surface area contributed by atoms with Crippen LogP contribution in [0, 0.1) is 23.0 Å². The highest BCUT2D eigenvalue weighted by molar-refractivity contribution is 5.52. The molecule has 0 aliphatic heterocycles. The highest BCUT2D eigenvalue weighted by atomic mass is 16.6. The van der Waals surface area contributed by atoms with Crippen molar-refractivity contribution in [3.63, 3.8) is 0 Å². The quantitative estimate of drug-likeness (QED) is 0.562. The molecule has 20 heavy (non-hydrogen) atoms. The second kappa shape index (κ2) is 7.81. The lowest BCUT2D eigenvalue weighted by molar-refractivity contribution is -0.386. The summed E-state index contributed by atoms with van der Waals surface area (Å²) in [5.41, 5.74) is 0.495. The molecule has 0 aromatic heterocycles. The molecule has 1 aromatic carbocycles. The van der Waals surface area contributed by atoms with Gasteiger partial charge in [-0.05, 0) is 25.5 Å². The first kappa shape index (κ1) is 16.4. The third-order valence-electron chi connectivity index (χ3n) is 2.75. The SMILES string of the molecule is Cc1cccc(OCC(O)CNCC(C)C)c1[N+](=O)[O-]. The van der Waals surface area contributed by atoms with Crippen LogP contribution in [0.5, 0.6) is 5.75 Å². The summed E-state index contributed by atoms with van der Waals surface area (Å²) in [5.74, 6) is 0.693. The Morgan fingerprint density at radius 2 is 2.10 bits per heavy atom. The molecule has 6 nitrogen and oxygen atoms in total. The van der Waals surface area contributed by atoms with Crippen LogP contribution < -0.4 is 10.1 Å². The van der Waals surface area contributed by atoms with E-state index in [2.05, 4.69) is 19.2 Å². The monoisotopic (exact) mass is 282 g/mol. The first-order valence-corrected chi connectivity index (χ1v) is 6.67. The fourth-order valence-corrected chi connectivity index (χ4v) is 1.77. The van der Waals surface area contributed by atoms with Crippen molar-refractivity contribution < 1.29 is 14.8 Å². The van der Waals surface area contributed by atoms with Gasteiger partial charge in [0.05, 0.1) is 4.92 Å². The summed E-state index contributed by atoms with van der Waals surface area (Å²) in [6.45, 7) is 7.04. The van der Waals surface area contributed by atoms with Crippen LogP contribution in [-0.4, -0.2) is 35.8 Å². The summed E-state index contributed by atoms with van der Waals surface area (Å²) in [4.78, 5) is 10.5. The third kappa shape index (κ3) is 5.14. The number of nitrogens with one attached hydrogen (secondary N) is 1. The van der Waals surface area contributed by atoms with Gasteiger partial charge in [-0.3, -0.25) is 10.1 Å². The Kier molecular flexibility index (Phi) is 6.41. The molecule has 0 aliphatic carbocycles.